The van der Waals surface area contributed by atoms with Gasteiger partial charge in [-0.1, -0.05) is 56.7 Å². The smallest absolute Gasteiger partial charge is 0.324 e. The second kappa shape index (κ2) is 11.5. The fraction of sp³-hybridized carbons (Fsp3) is 0.344. The molecule has 40 heavy (non-hydrogen) atoms. The predicted octanol–water partition coefficient (Wildman–Crippen LogP) is 6.68. The van der Waals surface area contributed by atoms with Gasteiger partial charge in [0.25, 0.3) is 0 Å². The lowest BCUT2D eigenvalue weighted by Crippen LogP contribution is -2.34. The van der Waals surface area contributed by atoms with Crippen molar-refractivity contribution in [3.63, 3.8) is 0 Å². The molecule has 1 atom stereocenters. The lowest BCUT2D eigenvalue weighted by Gasteiger charge is -2.31. The second-order valence-electron chi connectivity index (χ2n) is 11.5. The minimum atomic E-state index is -0.402. The molecule has 1 unspecified atom stereocenters. The molecule has 8 heteroatoms. The van der Waals surface area contributed by atoms with E-state index in [0.717, 1.165) is 48.4 Å². The molecule has 1 saturated heterocycles. The van der Waals surface area contributed by atoms with Crippen LogP contribution in [0.3, 0.4) is 0 Å². The third kappa shape index (κ3) is 6.02. The molecule has 5 rings (SSSR count). The molecule has 3 N–H and O–H groups in total. The minimum Gasteiger partial charge on any atom is -0.472 e. The molecule has 208 valence electrons. The van der Waals surface area contributed by atoms with E-state index >= 15 is 0 Å². The number of ketones is 1. The van der Waals surface area contributed by atoms with Crippen LogP contribution in [0.4, 0.5) is 16.3 Å². The molecular formula is C32H37N5O3. The molecule has 2 amide bonds. The number of hydrogen-bond donors (Lipinski definition) is 3. The maximum absolute atomic E-state index is 13.7. The van der Waals surface area contributed by atoms with Crippen LogP contribution in [-0.4, -0.2) is 34.7 Å². The monoisotopic (exact) mass is 539 g/mol. The first kappa shape index (κ1) is 27.4. The summed E-state index contributed by atoms with van der Waals surface area (Å²) in [7, 11) is 0. The highest BCUT2D eigenvalue weighted by atomic mass is 16.3. The van der Waals surface area contributed by atoms with Crippen LogP contribution < -0.4 is 16.0 Å². The van der Waals surface area contributed by atoms with Gasteiger partial charge in [-0.25, -0.2) is 9.48 Å². The summed E-state index contributed by atoms with van der Waals surface area (Å²) in [5, 5.41) is 14.2. The average Bonchev–Trinajstić information content (AvgIpc) is 3.62. The number of benzene rings is 2. The Hall–Kier alpha value is -4.17. The molecule has 8 nitrogen and oxygen atoms in total. The highest BCUT2D eigenvalue weighted by Gasteiger charge is 2.34. The quantitative estimate of drug-likeness (QED) is 0.227. The van der Waals surface area contributed by atoms with Crippen molar-refractivity contribution in [2.24, 2.45) is 5.92 Å². The number of carbonyl (C=O) groups excluding carboxylic acids is 2. The molecule has 0 aliphatic carbocycles. The Balaban J connectivity index is 1.44. The van der Waals surface area contributed by atoms with Crippen molar-refractivity contribution >= 4 is 23.3 Å². The molecule has 0 bridgehead atoms. The highest BCUT2D eigenvalue weighted by molar-refractivity contribution is 6.04. The van der Waals surface area contributed by atoms with Gasteiger partial charge in [-0.3, -0.25) is 10.1 Å². The number of amides is 2. The van der Waals surface area contributed by atoms with Crippen LogP contribution in [0.5, 0.6) is 0 Å². The van der Waals surface area contributed by atoms with Gasteiger partial charge >= 0.3 is 6.03 Å². The van der Waals surface area contributed by atoms with Gasteiger partial charge in [0.15, 0.2) is 5.78 Å². The molecule has 0 spiro atoms. The number of para-hydroxylation sites is 1. The van der Waals surface area contributed by atoms with E-state index in [2.05, 4.69) is 36.7 Å². The molecule has 0 saturated carbocycles. The summed E-state index contributed by atoms with van der Waals surface area (Å²) in [5.41, 5.74) is 4.61. The van der Waals surface area contributed by atoms with E-state index in [0.29, 0.717) is 17.1 Å². The van der Waals surface area contributed by atoms with Crippen molar-refractivity contribution in [2.75, 3.05) is 23.7 Å². The number of rotatable bonds is 7. The Morgan fingerprint density at radius 1 is 1.02 bits per heavy atom. The zero-order valence-electron chi connectivity index (χ0n) is 23.5. The third-order valence-electron chi connectivity index (χ3n) is 7.49. The summed E-state index contributed by atoms with van der Waals surface area (Å²) in [4.78, 5) is 27.2. The van der Waals surface area contributed by atoms with Crippen LogP contribution in [-0.2, 0) is 5.41 Å². The highest BCUT2D eigenvalue weighted by Crippen LogP contribution is 2.38. The number of hydrogen-bond acceptors (Lipinski definition) is 5. The number of anilines is 2. The number of nitrogens with zero attached hydrogens (tertiary/aromatic N) is 2. The Bertz CT molecular complexity index is 1460. The first-order valence-corrected chi connectivity index (χ1v) is 13.8. The third-order valence-corrected chi connectivity index (χ3v) is 7.49. The maximum atomic E-state index is 13.7. The Labute approximate surface area is 235 Å². The maximum Gasteiger partial charge on any atom is 0.324 e. The molecule has 1 aliphatic rings. The fourth-order valence-corrected chi connectivity index (χ4v) is 5.24. The van der Waals surface area contributed by atoms with E-state index in [1.165, 1.54) is 12.5 Å². The van der Waals surface area contributed by atoms with Crippen LogP contribution in [0.25, 0.3) is 5.69 Å². The van der Waals surface area contributed by atoms with Crippen LogP contribution in [0.2, 0.25) is 0 Å². The number of Topliss-reactive ketones (excluding diaryl/α,β-unsaturated/α-hetero) is 1. The normalized spacial score (nSPS) is 15.0. The van der Waals surface area contributed by atoms with E-state index < -0.39 is 11.9 Å². The van der Waals surface area contributed by atoms with Crippen molar-refractivity contribution in [3.05, 3.63) is 95.6 Å². The van der Waals surface area contributed by atoms with Gasteiger partial charge in [0.2, 0.25) is 0 Å². The first-order chi connectivity index (χ1) is 19.2. The van der Waals surface area contributed by atoms with Gasteiger partial charge in [-0.15, -0.1) is 0 Å². The topological polar surface area (TPSA) is 101 Å². The zero-order valence-corrected chi connectivity index (χ0v) is 23.5. The number of aromatic nitrogens is 2. The molecule has 4 aromatic rings. The molecule has 1 fully saturated rings. The minimum absolute atomic E-state index is 0.00238. The number of piperidine rings is 1. The SMILES string of the molecule is Cc1ccc(-n2nc(C(C)(C)C)cc2NC(=O)Nc2ccccc2C(C(=O)c2ccoc2)C2CCNCC2)cc1. The summed E-state index contributed by atoms with van der Waals surface area (Å²) in [6.07, 6.45) is 4.77. The lowest BCUT2D eigenvalue weighted by molar-refractivity contribution is 0.0915. The zero-order chi connectivity index (χ0) is 28.3. The van der Waals surface area contributed by atoms with Gasteiger partial charge in [-0.05, 0) is 68.6 Å². The van der Waals surface area contributed by atoms with Crippen LogP contribution >= 0.6 is 0 Å². The van der Waals surface area contributed by atoms with Crippen molar-refractivity contribution < 1.29 is 14.0 Å². The number of urea groups is 1. The average molecular weight is 540 g/mol. The fourth-order valence-electron chi connectivity index (χ4n) is 5.24. The summed E-state index contributed by atoms with van der Waals surface area (Å²) in [6, 6.07) is 18.8. The van der Waals surface area contributed by atoms with E-state index in [1.54, 1.807) is 10.7 Å². The van der Waals surface area contributed by atoms with Gasteiger partial charge in [-0.2, -0.15) is 5.10 Å². The number of furan rings is 1. The number of nitrogens with one attached hydrogen (secondary N) is 3. The van der Waals surface area contributed by atoms with Crippen LogP contribution in [0, 0.1) is 12.8 Å². The Morgan fingerprint density at radius 2 is 1.75 bits per heavy atom. The van der Waals surface area contributed by atoms with Gasteiger partial charge in [0, 0.05) is 17.2 Å². The summed E-state index contributed by atoms with van der Waals surface area (Å²) in [6.45, 7) is 10.0. The Kier molecular flexibility index (Phi) is 7.89. The summed E-state index contributed by atoms with van der Waals surface area (Å²) < 4.78 is 6.98. The van der Waals surface area contributed by atoms with E-state index in [4.69, 9.17) is 9.52 Å². The van der Waals surface area contributed by atoms with Crippen LogP contribution in [0.15, 0.2) is 77.6 Å². The van der Waals surface area contributed by atoms with Crippen LogP contribution in [0.1, 0.15) is 66.7 Å². The predicted molar refractivity (Wildman–Crippen MR) is 157 cm³/mol. The van der Waals surface area contributed by atoms with Gasteiger partial charge < -0.3 is 15.1 Å². The van der Waals surface area contributed by atoms with E-state index in [-0.39, 0.29) is 17.1 Å². The molecule has 2 aromatic carbocycles. The first-order valence-electron chi connectivity index (χ1n) is 13.8. The van der Waals surface area contributed by atoms with E-state index in [9.17, 15) is 9.59 Å². The van der Waals surface area contributed by atoms with Gasteiger partial charge in [0.05, 0.1) is 29.1 Å². The molecule has 3 heterocycles. The second-order valence-corrected chi connectivity index (χ2v) is 11.5. The summed E-state index contributed by atoms with van der Waals surface area (Å²) >= 11 is 0. The van der Waals surface area contributed by atoms with E-state index in [1.807, 2.05) is 61.5 Å². The molecule has 1 aliphatic heterocycles. The number of carbonyl (C=O) groups is 2. The standard InChI is InChI=1S/C32H37N5O3/c1-21-9-11-24(12-10-21)37-28(19-27(36-37)32(2,3)4)35-31(39)34-26-8-6-5-7-25(26)29(22-13-16-33-17-14-22)30(38)23-15-18-40-20-23/h5-12,15,18-20,22,29,33H,13-14,16-17H2,1-4H3,(H2,34,35,39). The largest absolute Gasteiger partial charge is 0.472 e. The number of aryl methyl sites for hydroxylation is 1. The summed E-state index contributed by atoms with van der Waals surface area (Å²) in [5.74, 6) is 0.310. The van der Waals surface area contributed by atoms with Crippen molar-refractivity contribution in [1.82, 2.24) is 15.1 Å². The molecular weight excluding hydrogens is 502 g/mol. The van der Waals surface area contributed by atoms with Crippen molar-refractivity contribution in [1.29, 1.82) is 0 Å². The van der Waals surface area contributed by atoms with Gasteiger partial charge in [0.1, 0.15) is 12.1 Å². The molecule has 0 radical (unpaired) electrons. The molecule has 2 aromatic heterocycles. The Morgan fingerprint density at radius 3 is 2.42 bits per heavy atom. The van der Waals surface area contributed by atoms with Crippen molar-refractivity contribution in [3.8, 4) is 5.69 Å². The lowest BCUT2D eigenvalue weighted by atomic mass is 9.76. The van der Waals surface area contributed by atoms with Crippen molar-refractivity contribution in [2.45, 2.75) is 51.9 Å².